The molecule has 6 heteroatoms. The first-order valence-corrected chi connectivity index (χ1v) is 7.32. The fraction of sp³-hybridized carbons (Fsp3) is 0.714. The summed E-state index contributed by atoms with van der Waals surface area (Å²) >= 11 is 5.99. The van der Waals surface area contributed by atoms with E-state index in [9.17, 15) is 9.90 Å². The molecule has 0 saturated carbocycles. The highest BCUT2D eigenvalue weighted by Gasteiger charge is 2.39. The number of hydrogen-bond acceptors (Lipinski definition) is 3. The molecule has 1 aliphatic heterocycles. The predicted octanol–water partition coefficient (Wildman–Crippen LogP) is 2.40. The number of carboxylic acids is 1. The van der Waals surface area contributed by atoms with Gasteiger partial charge in [-0.25, -0.2) is 4.98 Å². The van der Waals surface area contributed by atoms with Crippen LogP contribution >= 0.6 is 11.6 Å². The molecule has 2 heterocycles. The van der Waals surface area contributed by atoms with Gasteiger partial charge in [-0.05, 0) is 39.2 Å². The quantitative estimate of drug-likeness (QED) is 0.927. The molecule has 0 aliphatic carbocycles. The van der Waals surface area contributed by atoms with Crippen molar-refractivity contribution in [2.24, 2.45) is 18.4 Å². The zero-order valence-electron chi connectivity index (χ0n) is 12.3. The number of carbonyl (C=O) groups is 1. The van der Waals surface area contributed by atoms with Crippen LogP contribution in [0.1, 0.15) is 32.5 Å². The third-order valence-electron chi connectivity index (χ3n) is 4.47. The van der Waals surface area contributed by atoms with Crippen molar-refractivity contribution in [1.29, 1.82) is 0 Å². The maximum absolute atomic E-state index is 11.4. The normalized spacial score (nSPS) is 21.1. The smallest absolute Gasteiger partial charge is 0.309 e. The van der Waals surface area contributed by atoms with E-state index in [-0.39, 0.29) is 5.92 Å². The van der Waals surface area contributed by atoms with E-state index in [4.69, 9.17) is 11.6 Å². The molecule has 0 radical (unpaired) electrons. The summed E-state index contributed by atoms with van der Waals surface area (Å²) in [7, 11) is 1.90. The number of aliphatic carboxylic acids is 1. The number of aromatic nitrogens is 2. The van der Waals surface area contributed by atoms with Crippen molar-refractivity contribution in [3.8, 4) is 0 Å². The van der Waals surface area contributed by atoms with E-state index in [2.05, 4.69) is 9.88 Å². The molecule has 1 aromatic heterocycles. The largest absolute Gasteiger partial charge is 0.481 e. The van der Waals surface area contributed by atoms with Gasteiger partial charge in [0.15, 0.2) is 0 Å². The van der Waals surface area contributed by atoms with Crippen LogP contribution in [-0.2, 0) is 18.4 Å². The lowest BCUT2D eigenvalue weighted by Crippen LogP contribution is -2.44. The third kappa shape index (κ3) is 2.99. The van der Waals surface area contributed by atoms with Crippen LogP contribution < -0.4 is 0 Å². The highest BCUT2D eigenvalue weighted by atomic mass is 35.5. The van der Waals surface area contributed by atoms with Gasteiger partial charge in [0, 0.05) is 13.6 Å². The van der Waals surface area contributed by atoms with Gasteiger partial charge < -0.3 is 9.67 Å². The van der Waals surface area contributed by atoms with Gasteiger partial charge in [0.25, 0.3) is 0 Å². The second kappa shape index (κ2) is 5.74. The van der Waals surface area contributed by atoms with E-state index >= 15 is 0 Å². The number of nitrogens with zero attached hydrogens (tertiary/aromatic N) is 3. The first-order chi connectivity index (χ1) is 9.32. The molecule has 0 amide bonds. The standard InChI is InChI=1S/C14H22ClN3O2/c1-14(2,13(19)20)10-5-4-6-18(8-10)9-12-16-7-11(15)17(12)3/h7,10H,4-6,8-9H2,1-3H3,(H,19,20). The average Bonchev–Trinajstić information content (AvgIpc) is 2.71. The summed E-state index contributed by atoms with van der Waals surface area (Å²) in [4.78, 5) is 18.0. The zero-order chi connectivity index (χ0) is 14.9. The van der Waals surface area contributed by atoms with Crippen molar-refractivity contribution in [3.05, 3.63) is 17.2 Å². The Bertz CT molecular complexity index is 499. The lowest BCUT2D eigenvalue weighted by Gasteiger charge is -2.39. The minimum Gasteiger partial charge on any atom is -0.481 e. The van der Waals surface area contributed by atoms with Crippen LogP contribution in [0.2, 0.25) is 5.15 Å². The van der Waals surface area contributed by atoms with E-state index in [1.807, 2.05) is 25.5 Å². The first-order valence-electron chi connectivity index (χ1n) is 6.94. The Morgan fingerprint density at radius 1 is 1.60 bits per heavy atom. The van der Waals surface area contributed by atoms with Crippen LogP contribution in [0.4, 0.5) is 0 Å². The second-order valence-electron chi connectivity index (χ2n) is 6.16. The second-order valence-corrected chi connectivity index (χ2v) is 6.54. The molecular formula is C14H22ClN3O2. The summed E-state index contributed by atoms with van der Waals surface area (Å²) in [6.45, 7) is 6.14. The summed E-state index contributed by atoms with van der Waals surface area (Å²) in [5.41, 5.74) is -0.683. The van der Waals surface area contributed by atoms with Crippen molar-refractivity contribution >= 4 is 17.6 Å². The van der Waals surface area contributed by atoms with Crippen LogP contribution in [-0.4, -0.2) is 38.6 Å². The minimum atomic E-state index is -0.718. The fourth-order valence-corrected chi connectivity index (χ4v) is 2.88. The van der Waals surface area contributed by atoms with E-state index in [1.54, 1.807) is 6.20 Å². The van der Waals surface area contributed by atoms with Gasteiger partial charge in [-0.15, -0.1) is 0 Å². The van der Waals surface area contributed by atoms with Gasteiger partial charge in [-0.2, -0.15) is 0 Å². The monoisotopic (exact) mass is 299 g/mol. The molecule has 1 fully saturated rings. The van der Waals surface area contributed by atoms with Crippen molar-refractivity contribution in [2.75, 3.05) is 13.1 Å². The van der Waals surface area contributed by atoms with Crippen molar-refractivity contribution < 1.29 is 9.90 Å². The average molecular weight is 300 g/mol. The maximum Gasteiger partial charge on any atom is 0.309 e. The minimum absolute atomic E-state index is 0.171. The van der Waals surface area contributed by atoms with Crippen LogP contribution in [0.25, 0.3) is 0 Å². The van der Waals surface area contributed by atoms with Gasteiger partial charge in [0.1, 0.15) is 11.0 Å². The van der Waals surface area contributed by atoms with E-state index in [0.717, 1.165) is 38.3 Å². The predicted molar refractivity (Wildman–Crippen MR) is 77.6 cm³/mol. The molecule has 1 aliphatic rings. The molecule has 0 spiro atoms. The van der Waals surface area contributed by atoms with Crippen LogP contribution in [0.3, 0.4) is 0 Å². The van der Waals surface area contributed by atoms with Gasteiger partial charge >= 0.3 is 5.97 Å². The number of piperidine rings is 1. The van der Waals surface area contributed by atoms with Gasteiger partial charge in [-0.3, -0.25) is 9.69 Å². The van der Waals surface area contributed by atoms with E-state index < -0.39 is 11.4 Å². The van der Waals surface area contributed by atoms with Gasteiger partial charge in [0.2, 0.25) is 0 Å². The molecule has 1 atom stereocenters. The fourth-order valence-electron chi connectivity index (χ4n) is 2.73. The van der Waals surface area contributed by atoms with Crippen LogP contribution in [0.5, 0.6) is 0 Å². The van der Waals surface area contributed by atoms with E-state index in [1.165, 1.54) is 0 Å². The molecule has 0 aromatic carbocycles. The summed E-state index contributed by atoms with van der Waals surface area (Å²) in [5.74, 6) is 0.373. The highest BCUT2D eigenvalue weighted by molar-refractivity contribution is 6.29. The number of imidazole rings is 1. The van der Waals surface area contributed by atoms with Gasteiger partial charge in [0.05, 0.1) is 18.2 Å². The molecule has 1 saturated heterocycles. The molecule has 112 valence electrons. The van der Waals surface area contributed by atoms with Crippen LogP contribution in [0, 0.1) is 11.3 Å². The molecule has 1 aromatic rings. The topological polar surface area (TPSA) is 58.4 Å². The number of hydrogen-bond donors (Lipinski definition) is 1. The maximum atomic E-state index is 11.4. The Labute approximate surface area is 124 Å². The molecule has 1 unspecified atom stereocenters. The number of likely N-dealkylation sites (tertiary alicyclic amines) is 1. The molecule has 1 N–H and O–H groups in total. The Balaban J connectivity index is 2.04. The van der Waals surface area contributed by atoms with E-state index in [0.29, 0.717) is 5.15 Å². The van der Waals surface area contributed by atoms with Crippen molar-refractivity contribution in [1.82, 2.24) is 14.5 Å². The summed E-state index contributed by atoms with van der Waals surface area (Å²) in [6.07, 6.45) is 3.65. The highest BCUT2D eigenvalue weighted by Crippen LogP contribution is 2.34. The molecule has 0 bridgehead atoms. The SMILES string of the molecule is Cn1c(Cl)cnc1CN1CCCC(C(C)(C)C(=O)O)C1. The lowest BCUT2D eigenvalue weighted by molar-refractivity contribution is -0.151. The molecule has 20 heavy (non-hydrogen) atoms. The molecule has 5 nitrogen and oxygen atoms in total. The Morgan fingerprint density at radius 3 is 2.85 bits per heavy atom. The summed E-state index contributed by atoms with van der Waals surface area (Å²) < 4.78 is 1.87. The summed E-state index contributed by atoms with van der Waals surface area (Å²) in [5, 5.41) is 9.99. The third-order valence-corrected chi connectivity index (χ3v) is 4.82. The number of halogens is 1. The number of rotatable bonds is 4. The number of carboxylic acid groups (broad SMARTS) is 1. The molecular weight excluding hydrogens is 278 g/mol. The van der Waals surface area contributed by atoms with Crippen molar-refractivity contribution in [3.63, 3.8) is 0 Å². The Hall–Kier alpha value is -1.07. The molecule has 2 rings (SSSR count). The zero-order valence-corrected chi connectivity index (χ0v) is 13.0. The lowest BCUT2D eigenvalue weighted by atomic mass is 9.74. The Morgan fingerprint density at radius 2 is 2.30 bits per heavy atom. The van der Waals surface area contributed by atoms with Gasteiger partial charge in [-0.1, -0.05) is 11.6 Å². The van der Waals surface area contributed by atoms with Crippen LogP contribution in [0.15, 0.2) is 6.20 Å². The summed E-state index contributed by atoms with van der Waals surface area (Å²) in [6, 6.07) is 0. The van der Waals surface area contributed by atoms with Crippen molar-refractivity contribution in [2.45, 2.75) is 33.2 Å². The Kier molecular flexibility index (Phi) is 4.39. The first kappa shape index (κ1) is 15.3.